The molecule has 3 heterocycles. The minimum atomic E-state index is 0.239. The van der Waals surface area contributed by atoms with Crippen LogP contribution in [0.4, 0.5) is 0 Å². The lowest BCUT2D eigenvalue weighted by Gasteiger charge is -2.26. The molecule has 6 nitrogen and oxygen atoms in total. The van der Waals surface area contributed by atoms with Crippen molar-refractivity contribution in [1.29, 1.82) is 0 Å². The highest BCUT2D eigenvalue weighted by atomic mass is 16.5. The van der Waals surface area contributed by atoms with Crippen LogP contribution in [0.2, 0.25) is 0 Å². The minimum absolute atomic E-state index is 0.239. The van der Waals surface area contributed by atoms with Crippen LogP contribution in [0.5, 0.6) is 5.88 Å². The fraction of sp³-hybridized carbons (Fsp3) is 0.368. The molecule has 25 heavy (non-hydrogen) atoms. The topological polar surface area (TPSA) is 61.2 Å². The Morgan fingerprint density at radius 3 is 3.04 bits per heavy atom. The summed E-state index contributed by atoms with van der Waals surface area (Å²) in [5, 5.41) is 3.51. The van der Waals surface area contributed by atoms with E-state index in [2.05, 4.69) is 40.0 Å². The Balaban J connectivity index is 1.48. The number of benzene rings is 1. The standard InChI is InChI=1S/C19H22N4O2/c1-13-3-5-17-16(7-13)22-18-12-25-11-15(23(17)18)10-20-8-14-4-6-19(24-2)21-9-14/h3-7,9,15,20H,8,10-12H2,1-2H3. The molecule has 1 atom stereocenters. The molecule has 0 amide bonds. The zero-order chi connectivity index (χ0) is 17.2. The van der Waals surface area contributed by atoms with E-state index in [1.165, 1.54) is 11.1 Å². The molecule has 4 rings (SSSR count). The van der Waals surface area contributed by atoms with Crippen molar-refractivity contribution in [3.05, 3.63) is 53.5 Å². The number of aromatic nitrogens is 3. The molecule has 0 saturated heterocycles. The van der Waals surface area contributed by atoms with Gasteiger partial charge in [-0.15, -0.1) is 0 Å². The fourth-order valence-electron chi connectivity index (χ4n) is 3.30. The van der Waals surface area contributed by atoms with E-state index in [9.17, 15) is 0 Å². The van der Waals surface area contributed by atoms with Crippen LogP contribution in [0.3, 0.4) is 0 Å². The van der Waals surface area contributed by atoms with Crippen LogP contribution in [0.15, 0.2) is 36.5 Å². The molecule has 1 unspecified atom stereocenters. The lowest BCUT2D eigenvalue weighted by Crippen LogP contribution is -2.32. The molecule has 6 heteroatoms. The van der Waals surface area contributed by atoms with E-state index in [0.717, 1.165) is 30.0 Å². The molecule has 3 aromatic rings. The predicted octanol–water partition coefficient (Wildman–Crippen LogP) is 2.61. The van der Waals surface area contributed by atoms with Crippen molar-refractivity contribution in [2.45, 2.75) is 26.1 Å². The zero-order valence-electron chi connectivity index (χ0n) is 14.5. The number of hydrogen-bond acceptors (Lipinski definition) is 5. The van der Waals surface area contributed by atoms with Gasteiger partial charge in [-0.25, -0.2) is 9.97 Å². The van der Waals surface area contributed by atoms with E-state index in [0.29, 0.717) is 19.1 Å². The Morgan fingerprint density at radius 1 is 1.32 bits per heavy atom. The second-order valence-corrected chi connectivity index (χ2v) is 6.40. The Hall–Kier alpha value is -2.44. The normalized spacial score (nSPS) is 16.8. The maximum atomic E-state index is 5.75. The van der Waals surface area contributed by atoms with Crippen LogP contribution in [0, 0.1) is 6.92 Å². The molecule has 1 aromatic carbocycles. The van der Waals surface area contributed by atoms with Gasteiger partial charge in [-0.2, -0.15) is 0 Å². The molecule has 0 fully saturated rings. The Labute approximate surface area is 146 Å². The number of nitrogens with one attached hydrogen (secondary N) is 1. The molecule has 0 saturated carbocycles. The third-order valence-corrected chi connectivity index (χ3v) is 4.54. The predicted molar refractivity (Wildman–Crippen MR) is 95.7 cm³/mol. The van der Waals surface area contributed by atoms with E-state index in [1.807, 2.05) is 18.3 Å². The van der Waals surface area contributed by atoms with Crippen molar-refractivity contribution in [2.75, 3.05) is 20.3 Å². The van der Waals surface area contributed by atoms with Gasteiger partial charge in [0, 0.05) is 25.4 Å². The highest BCUT2D eigenvalue weighted by Gasteiger charge is 2.23. The average Bonchev–Trinajstić information content (AvgIpc) is 3.00. The van der Waals surface area contributed by atoms with Crippen molar-refractivity contribution >= 4 is 11.0 Å². The smallest absolute Gasteiger partial charge is 0.212 e. The molecule has 1 N–H and O–H groups in total. The van der Waals surface area contributed by atoms with Crippen LogP contribution in [-0.4, -0.2) is 34.8 Å². The molecule has 0 aliphatic carbocycles. The monoisotopic (exact) mass is 338 g/mol. The van der Waals surface area contributed by atoms with Crippen LogP contribution in [-0.2, 0) is 17.9 Å². The van der Waals surface area contributed by atoms with E-state index >= 15 is 0 Å². The second-order valence-electron chi connectivity index (χ2n) is 6.40. The maximum Gasteiger partial charge on any atom is 0.212 e. The Kier molecular flexibility index (Phi) is 4.38. The molecular weight excluding hydrogens is 316 g/mol. The summed E-state index contributed by atoms with van der Waals surface area (Å²) in [4.78, 5) is 8.97. The minimum Gasteiger partial charge on any atom is -0.481 e. The van der Waals surface area contributed by atoms with Crippen LogP contribution in [0.25, 0.3) is 11.0 Å². The largest absolute Gasteiger partial charge is 0.481 e. The van der Waals surface area contributed by atoms with Gasteiger partial charge in [-0.3, -0.25) is 0 Å². The number of nitrogens with zero attached hydrogens (tertiary/aromatic N) is 3. The van der Waals surface area contributed by atoms with Gasteiger partial charge >= 0.3 is 0 Å². The van der Waals surface area contributed by atoms with E-state index < -0.39 is 0 Å². The molecule has 1 aliphatic rings. The van der Waals surface area contributed by atoms with Crippen molar-refractivity contribution in [3.8, 4) is 5.88 Å². The molecule has 2 aromatic heterocycles. The third-order valence-electron chi connectivity index (χ3n) is 4.54. The zero-order valence-corrected chi connectivity index (χ0v) is 14.5. The van der Waals surface area contributed by atoms with Gasteiger partial charge in [0.15, 0.2) is 0 Å². The van der Waals surface area contributed by atoms with Crippen molar-refractivity contribution < 1.29 is 9.47 Å². The van der Waals surface area contributed by atoms with E-state index in [-0.39, 0.29) is 6.04 Å². The summed E-state index contributed by atoms with van der Waals surface area (Å²) < 4.78 is 13.2. The molecule has 1 aliphatic heterocycles. The number of hydrogen-bond donors (Lipinski definition) is 1. The van der Waals surface area contributed by atoms with Gasteiger partial charge in [-0.05, 0) is 30.2 Å². The number of methoxy groups -OCH3 is 1. The van der Waals surface area contributed by atoms with E-state index in [4.69, 9.17) is 14.5 Å². The first-order valence-corrected chi connectivity index (χ1v) is 8.49. The van der Waals surface area contributed by atoms with Gasteiger partial charge in [0.2, 0.25) is 5.88 Å². The molecule has 0 spiro atoms. The first kappa shape index (κ1) is 16.1. The van der Waals surface area contributed by atoms with Crippen molar-refractivity contribution in [1.82, 2.24) is 19.9 Å². The van der Waals surface area contributed by atoms with E-state index in [1.54, 1.807) is 7.11 Å². The first-order valence-electron chi connectivity index (χ1n) is 8.49. The quantitative estimate of drug-likeness (QED) is 0.775. The third kappa shape index (κ3) is 3.23. The van der Waals surface area contributed by atoms with Crippen molar-refractivity contribution in [2.24, 2.45) is 0 Å². The summed E-state index contributed by atoms with van der Waals surface area (Å²) in [6.45, 7) is 4.94. The second kappa shape index (κ2) is 6.82. The summed E-state index contributed by atoms with van der Waals surface area (Å²) in [6, 6.07) is 10.6. The number of fused-ring (bicyclic) bond motifs is 3. The van der Waals surface area contributed by atoms with Crippen LogP contribution < -0.4 is 10.1 Å². The van der Waals surface area contributed by atoms with Crippen molar-refractivity contribution in [3.63, 3.8) is 0 Å². The Morgan fingerprint density at radius 2 is 2.24 bits per heavy atom. The van der Waals surface area contributed by atoms with Gasteiger partial charge in [-0.1, -0.05) is 12.1 Å². The van der Waals surface area contributed by atoms with Crippen LogP contribution >= 0.6 is 0 Å². The summed E-state index contributed by atoms with van der Waals surface area (Å²) in [6.07, 6.45) is 1.84. The van der Waals surface area contributed by atoms with Crippen LogP contribution in [0.1, 0.15) is 23.0 Å². The Bertz CT molecular complexity index is 873. The highest BCUT2D eigenvalue weighted by Crippen LogP contribution is 2.26. The summed E-state index contributed by atoms with van der Waals surface area (Å²) in [7, 11) is 1.62. The summed E-state index contributed by atoms with van der Waals surface area (Å²) in [5.41, 5.74) is 4.58. The average molecular weight is 338 g/mol. The fourth-order valence-corrected chi connectivity index (χ4v) is 3.30. The number of aryl methyl sites for hydroxylation is 1. The van der Waals surface area contributed by atoms with Gasteiger partial charge < -0.3 is 19.4 Å². The maximum absolute atomic E-state index is 5.75. The van der Waals surface area contributed by atoms with Gasteiger partial charge in [0.1, 0.15) is 12.4 Å². The molecular formula is C19H22N4O2. The first-order chi connectivity index (χ1) is 12.2. The lowest BCUT2D eigenvalue weighted by atomic mass is 10.2. The number of imidazole rings is 1. The number of rotatable bonds is 5. The summed E-state index contributed by atoms with van der Waals surface area (Å²) >= 11 is 0. The number of ether oxygens (including phenoxy) is 2. The highest BCUT2D eigenvalue weighted by molar-refractivity contribution is 5.77. The molecule has 130 valence electrons. The molecule has 0 radical (unpaired) electrons. The lowest BCUT2D eigenvalue weighted by molar-refractivity contribution is 0.0564. The van der Waals surface area contributed by atoms with Gasteiger partial charge in [0.25, 0.3) is 0 Å². The van der Waals surface area contributed by atoms with Gasteiger partial charge in [0.05, 0.1) is 30.8 Å². The summed E-state index contributed by atoms with van der Waals surface area (Å²) in [5.74, 6) is 1.64. The molecule has 0 bridgehead atoms. The number of pyridine rings is 1. The SMILES string of the molecule is COc1ccc(CNCC2COCc3nc4cc(C)ccc4n32)cn1.